The van der Waals surface area contributed by atoms with Gasteiger partial charge in [0.2, 0.25) is 11.0 Å². The maximum atomic E-state index is 13.5. The molecule has 0 radical (unpaired) electrons. The third-order valence-electron chi connectivity index (χ3n) is 4.82. The predicted octanol–water partition coefficient (Wildman–Crippen LogP) is 5.09. The fourth-order valence-electron chi connectivity index (χ4n) is 3.18. The van der Waals surface area contributed by atoms with E-state index in [9.17, 15) is 13.2 Å². The van der Waals surface area contributed by atoms with Crippen molar-refractivity contribution in [2.24, 2.45) is 0 Å². The van der Waals surface area contributed by atoms with Crippen molar-refractivity contribution in [1.29, 1.82) is 0 Å². The third-order valence-corrected chi connectivity index (χ3v) is 7.74. The molecule has 1 amide bonds. The lowest BCUT2D eigenvalue weighted by Crippen LogP contribution is -2.38. The summed E-state index contributed by atoms with van der Waals surface area (Å²) in [4.78, 5) is 12.9. The van der Waals surface area contributed by atoms with Crippen LogP contribution in [0.5, 0.6) is 5.75 Å². The van der Waals surface area contributed by atoms with Gasteiger partial charge in [0.1, 0.15) is 17.3 Å². The molecule has 0 aliphatic rings. The molecular formula is C24H21ClN4O4S2. The van der Waals surface area contributed by atoms with Gasteiger partial charge in [0.15, 0.2) is 0 Å². The Hall–Kier alpha value is -3.47. The maximum absolute atomic E-state index is 13.5. The first-order valence-electron chi connectivity index (χ1n) is 10.6. The molecule has 0 aliphatic carbocycles. The van der Waals surface area contributed by atoms with Crippen LogP contribution in [0.3, 0.4) is 0 Å². The summed E-state index contributed by atoms with van der Waals surface area (Å²) < 4.78 is 33.4. The van der Waals surface area contributed by atoms with Gasteiger partial charge in [-0.25, -0.2) is 8.42 Å². The lowest BCUT2D eigenvalue weighted by Gasteiger charge is -2.24. The number of para-hydroxylation sites is 1. The van der Waals surface area contributed by atoms with Gasteiger partial charge < -0.3 is 4.74 Å². The van der Waals surface area contributed by atoms with Crippen molar-refractivity contribution >= 4 is 49.7 Å². The molecule has 4 rings (SSSR count). The molecule has 8 nitrogen and oxygen atoms in total. The molecule has 0 saturated heterocycles. The molecule has 1 N–H and O–H groups in total. The average Bonchev–Trinajstić information content (AvgIpc) is 3.32. The molecule has 1 heterocycles. The number of halogens is 1. The van der Waals surface area contributed by atoms with E-state index in [1.54, 1.807) is 66.7 Å². The van der Waals surface area contributed by atoms with E-state index in [2.05, 4.69) is 15.5 Å². The van der Waals surface area contributed by atoms with Crippen LogP contribution in [-0.4, -0.2) is 37.7 Å². The van der Waals surface area contributed by atoms with Gasteiger partial charge in [-0.1, -0.05) is 53.3 Å². The Bertz CT molecular complexity index is 1390. The van der Waals surface area contributed by atoms with Crippen LogP contribution in [0, 0.1) is 0 Å². The summed E-state index contributed by atoms with van der Waals surface area (Å²) in [5.74, 6) is 0.00499. The Morgan fingerprint density at radius 3 is 2.34 bits per heavy atom. The minimum atomic E-state index is -4.04. The molecule has 0 spiro atoms. The second-order valence-corrected chi connectivity index (χ2v) is 10.5. The number of nitrogens with one attached hydrogen (secondary N) is 1. The molecule has 1 aromatic heterocycles. The SMILES string of the molecule is CCOc1ccc(S(=O)(=O)N(CC(=O)Nc2nnc(-c3ccc(Cl)cc3)s2)c2ccccc2)cc1. The average molecular weight is 529 g/mol. The molecular weight excluding hydrogens is 508 g/mol. The number of carbonyl (C=O) groups excluding carboxylic acids is 1. The fourth-order valence-corrected chi connectivity index (χ4v) is 5.50. The lowest BCUT2D eigenvalue weighted by molar-refractivity contribution is -0.114. The molecule has 3 aromatic carbocycles. The Morgan fingerprint density at radius 2 is 1.69 bits per heavy atom. The summed E-state index contributed by atoms with van der Waals surface area (Å²) in [6.07, 6.45) is 0. The minimum absolute atomic E-state index is 0.0403. The summed E-state index contributed by atoms with van der Waals surface area (Å²) in [6.45, 7) is 1.86. The summed E-state index contributed by atoms with van der Waals surface area (Å²) in [5, 5.41) is 12.2. The van der Waals surface area contributed by atoms with Gasteiger partial charge in [-0.2, -0.15) is 0 Å². The summed E-state index contributed by atoms with van der Waals surface area (Å²) in [7, 11) is -4.04. The van der Waals surface area contributed by atoms with Crippen molar-refractivity contribution in [3.63, 3.8) is 0 Å². The first-order valence-corrected chi connectivity index (χ1v) is 13.2. The van der Waals surface area contributed by atoms with E-state index in [0.29, 0.717) is 28.1 Å². The summed E-state index contributed by atoms with van der Waals surface area (Å²) >= 11 is 7.10. The summed E-state index contributed by atoms with van der Waals surface area (Å²) in [5.41, 5.74) is 1.16. The Labute approximate surface area is 212 Å². The molecule has 0 unspecified atom stereocenters. The minimum Gasteiger partial charge on any atom is -0.494 e. The standard InChI is InChI=1S/C24H21ClN4O4S2/c1-2-33-20-12-14-21(15-13-20)35(31,32)29(19-6-4-3-5-7-19)16-22(30)26-24-28-27-23(34-24)17-8-10-18(25)11-9-17/h3-15H,2,16H2,1H3,(H,26,28,30). The summed E-state index contributed by atoms with van der Waals surface area (Å²) in [6, 6.07) is 21.6. The van der Waals surface area contributed by atoms with Crippen LogP contribution in [0.25, 0.3) is 10.6 Å². The lowest BCUT2D eigenvalue weighted by atomic mass is 10.2. The first-order chi connectivity index (χ1) is 16.9. The van der Waals surface area contributed by atoms with Crippen molar-refractivity contribution < 1.29 is 17.9 Å². The molecule has 180 valence electrons. The van der Waals surface area contributed by atoms with Crippen LogP contribution in [0.15, 0.2) is 83.8 Å². The molecule has 35 heavy (non-hydrogen) atoms. The largest absolute Gasteiger partial charge is 0.494 e. The second kappa shape index (κ2) is 10.9. The van der Waals surface area contributed by atoms with Crippen molar-refractivity contribution in [3.8, 4) is 16.3 Å². The smallest absolute Gasteiger partial charge is 0.264 e. The van der Waals surface area contributed by atoms with Crippen LogP contribution in [0.4, 0.5) is 10.8 Å². The van der Waals surface area contributed by atoms with Crippen LogP contribution in [0.1, 0.15) is 6.92 Å². The third kappa shape index (κ3) is 5.97. The number of ether oxygens (including phenoxy) is 1. The number of nitrogens with zero attached hydrogens (tertiary/aromatic N) is 3. The van der Waals surface area contributed by atoms with E-state index < -0.39 is 22.5 Å². The zero-order valence-electron chi connectivity index (χ0n) is 18.6. The second-order valence-electron chi connectivity index (χ2n) is 7.22. The van der Waals surface area contributed by atoms with Crippen molar-refractivity contribution in [1.82, 2.24) is 10.2 Å². The number of carbonyl (C=O) groups is 1. The number of hydrogen-bond donors (Lipinski definition) is 1. The molecule has 0 fully saturated rings. The number of rotatable bonds is 9. The Balaban J connectivity index is 1.55. The van der Waals surface area contributed by atoms with E-state index >= 15 is 0 Å². The van der Waals surface area contributed by atoms with Crippen LogP contribution >= 0.6 is 22.9 Å². The zero-order chi connectivity index (χ0) is 24.8. The van der Waals surface area contributed by atoms with E-state index in [4.69, 9.17) is 16.3 Å². The Kier molecular flexibility index (Phi) is 7.64. The van der Waals surface area contributed by atoms with Gasteiger partial charge in [0.25, 0.3) is 10.0 Å². The van der Waals surface area contributed by atoms with E-state index in [0.717, 1.165) is 9.87 Å². The number of hydrogen-bond acceptors (Lipinski definition) is 7. The quantitative estimate of drug-likeness (QED) is 0.324. The van der Waals surface area contributed by atoms with Gasteiger partial charge in [-0.05, 0) is 55.5 Å². The first kappa shape index (κ1) is 24.6. The van der Waals surface area contributed by atoms with Crippen LogP contribution in [-0.2, 0) is 14.8 Å². The highest BCUT2D eigenvalue weighted by atomic mass is 35.5. The highest BCUT2D eigenvalue weighted by Crippen LogP contribution is 2.28. The molecule has 0 bridgehead atoms. The highest BCUT2D eigenvalue weighted by molar-refractivity contribution is 7.92. The number of amides is 1. The van der Waals surface area contributed by atoms with Crippen LogP contribution in [0.2, 0.25) is 5.02 Å². The Morgan fingerprint density at radius 1 is 1.00 bits per heavy atom. The molecule has 4 aromatic rings. The normalized spacial score (nSPS) is 11.1. The maximum Gasteiger partial charge on any atom is 0.264 e. The van der Waals surface area contributed by atoms with Crippen molar-refractivity contribution in [2.45, 2.75) is 11.8 Å². The van der Waals surface area contributed by atoms with Crippen LogP contribution < -0.4 is 14.4 Å². The fraction of sp³-hybridized carbons (Fsp3) is 0.125. The number of aromatic nitrogens is 2. The number of benzene rings is 3. The zero-order valence-corrected chi connectivity index (χ0v) is 21.0. The monoisotopic (exact) mass is 528 g/mol. The topological polar surface area (TPSA) is 101 Å². The van der Waals surface area contributed by atoms with E-state index in [1.165, 1.54) is 23.5 Å². The molecule has 0 aliphatic heterocycles. The van der Waals surface area contributed by atoms with E-state index in [1.807, 2.05) is 6.92 Å². The van der Waals surface area contributed by atoms with Crippen molar-refractivity contribution in [3.05, 3.63) is 83.9 Å². The predicted molar refractivity (Wildman–Crippen MR) is 138 cm³/mol. The van der Waals surface area contributed by atoms with Gasteiger partial charge in [-0.3, -0.25) is 14.4 Å². The number of anilines is 2. The van der Waals surface area contributed by atoms with Gasteiger partial charge in [0.05, 0.1) is 17.2 Å². The molecule has 0 saturated carbocycles. The molecule has 0 atom stereocenters. The number of sulfonamides is 1. The van der Waals surface area contributed by atoms with E-state index in [-0.39, 0.29) is 10.0 Å². The highest BCUT2D eigenvalue weighted by Gasteiger charge is 2.27. The molecule has 11 heteroatoms. The van der Waals surface area contributed by atoms with Gasteiger partial charge in [0, 0.05) is 10.6 Å². The van der Waals surface area contributed by atoms with Gasteiger partial charge >= 0.3 is 0 Å². The van der Waals surface area contributed by atoms with Crippen molar-refractivity contribution in [2.75, 3.05) is 22.8 Å². The van der Waals surface area contributed by atoms with Gasteiger partial charge in [-0.15, -0.1) is 10.2 Å².